The zero-order chi connectivity index (χ0) is 11.0. The largest absolute Gasteiger partial charge is 0.463 e. The summed E-state index contributed by atoms with van der Waals surface area (Å²) in [4.78, 5) is 10.5. The Kier molecular flexibility index (Phi) is 7.37. The highest BCUT2D eigenvalue weighted by Crippen LogP contribution is 1.98. The van der Waals surface area contributed by atoms with E-state index in [0.29, 0.717) is 19.6 Å². The molecule has 0 fully saturated rings. The Balaban J connectivity index is 3.31. The van der Waals surface area contributed by atoms with Gasteiger partial charge in [-0.25, -0.2) is 0 Å². The van der Waals surface area contributed by atoms with Crippen molar-refractivity contribution >= 4 is 5.97 Å². The van der Waals surface area contributed by atoms with Gasteiger partial charge in [-0.15, -0.1) is 0 Å². The van der Waals surface area contributed by atoms with Crippen LogP contribution in [0.3, 0.4) is 0 Å². The third-order valence-electron chi connectivity index (χ3n) is 1.60. The summed E-state index contributed by atoms with van der Waals surface area (Å²) in [6.45, 7) is 3.89. The minimum atomic E-state index is -0.334. The molecule has 84 valence electrons. The van der Waals surface area contributed by atoms with Gasteiger partial charge in [-0.3, -0.25) is 4.79 Å². The van der Waals surface area contributed by atoms with Gasteiger partial charge in [0.25, 0.3) is 0 Å². The van der Waals surface area contributed by atoms with Crippen molar-refractivity contribution in [3.8, 4) is 0 Å². The number of esters is 1. The lowest BCUT2D eigenvalue weighted by molar-refractivity contribution is -0.146. The number of aliphatic hydroxyl groups is 1. The van der Waals surface area contributed by atoms with E-state index in [1.165, 1.54) is 6.92 Å². The molecule has 0 amide bonds. The first-order valence-corrected chi connectivity index (χ1v) is 4.67. The van der Waals surface area contributed by atoms with Crippen LogP contribution in [0.1, 0.15) is 20.3 Å². The second kappa shape index (κ2) is 7.73. The van der Waals surface area contributed by atoms with E-state index >= 15 is 0 Å². The molecule has 0 saturated heterocycles. The molecule has 0 aliphatic rings. The molecule has 0 rings (SSSR count). The van der Waals surface area contributed by atoms with E-state index in [4.69, 9.17) is 20.3 Å². The highest BCUT2D eigenvalue weighted by atomic mass is 16.5. The van der Waals surface area contributed by atoms with Crippen molar-refractivity contribution in [3.05, 3.63) is 0 Å². The molecule has 0 aromatic heterocycles. The fourth-order valence-electron chi connectivity index (χ4n) is 0.879. The Morgan fingerprint density at radius 1 is 1.57 bits per heavy atom. The minimum absolute atomic E-state index is 0.0838. The van der Waals surface area contributed by atoms with Crippen LogP contribution in [0.2, 0.25) is 0 Å². The monoisotopic (exact) mass is 205 g/mol. The first-order valence-electron chi connectivity index (χ1n) is 4.67. The quantitative estimate of drug-likeness (QED) is 0.439. The number of ether oxygens (including phenoxy) is 2. The lowest BCUT2D eigenvalue weighted by Gasteiger charge is -2.13. The first-order chi connectivity index (χ1) is 6.56. The summed E-state index contributed by atoms with van der Waals surface area (Å²) in [6.07, 6.45) is 0.496. The molecule has 0 aromatic rings. The fraction of sp³-hybridized carbons (Fsp3) is 0.889. The van der Waals surface area contributed by atoms with E-state index in [2.05, 4.69) is 0 Å². The summed E-state index contributed by atoms with van der Waals surface area (Å²) in [6, 6.07) is -0.334. The predicted molar refractivity (Wildman–Crippen MR) is 51.7 cm³/mol. The molecule has 0 spiro atoms. The van der Waals surface area contributed by atoms with Crippen LogP contribution < -0.4 is 5.73 Å². The van der Waals surface area contributed by atoms with Gasteiger partial charge in [0.15, 0.2) is 0 Å². The summed E-state index contributed by atoms with van der Waals surface area (Å²) in [7, 11) is 0. The number of carbonyl (C=O) groups excluding carboxylic acids is 1. The molecule has 0 heterocycles. The lowest BCUT2D eigenvalue weighted by Crippen LogP contribution is -2.30. The van der Waals surface area contributed by atoms with E-state index < -0.39 is 0 Å². The zero-order valence-electron chi connectivity index (χ0n) is 8.73. The van der Waals surface area contributed by atoms with Crippen LogP contribution in [-0.2, 0) is 14.3 Å². The number of carbonyl (C=O) groups is 1. The van der Waals surface area contributed by atoms with Gasteiger partial charge < -0.3 is 20.3 Å². The topological polar surface area (TPSA) is 81.8 Å². The van der Waals surface area contributed by atoms with E-state index in [0.717, 1.165) is 0 Å². The van der Waals surface area contributed by atoms with Crippen molar-refractivity contribution in [1.82, 2.24) is 0 Å². The molecule has 0 saturated carbocycles. The Morgan fingerprint density at radius 2 is 2.21 bits per heavy atom. The van der Waals surface area contributed by atoms with Gasteiger partial charge >= 0.3 is 5.97 Å². The SMILES string of the molecule is CC(=O)OC(C)CCOC[C@@H](N)CO. The Bertz CT molecular complexity index is 163. The Hall–Kier alpha value is -0.650. The summed E-state index contributed by atoms with van der Waals surface area (Å²) < 4.78 is 10.0. The molecule has 0 bridgehead atoms. The summed E-state index contributed by atoms with van der Waals surface area (Å²) in [5.41, 5.74) is 5.41. The average molecular weight is 205 g/mol. The van der Waals surface area contributed by atoms with Crippen molar-refractivity contribution in [1.29, 1.82) is 0 Å². The van der Waals surface area contributed by atoms with Crippen LogP contribution in [0, 0.1) is 0 Å². The van der Waals surface area contributed by atoms with E-state index in [-0.39, 0.29) is 24.7 Å². The highest BCUT2D eigenvalue weighted by Gasteiger charge is 2.05. The molecular weight excluding hydrogens is 186 g/mol. The van der Waals surface area contributed by atoms with E-state index in [9.17, 15) is 4.79 Å². The molecule has 5 heteroatoms. The second-order valence-corrected chi connectivity index (χ2v) is 3.23. The van der Waals surface area contributed by atoms with Crippen LogP contribution in [0.25, 0.3) is 0 Å². The molecule has 0 aliphatic carbocycles. The van der Waals surface area contributed by atoms with Crippen molar-refractivity contribution in [2.45, 2.75) is 32.4 Å². The summed E-state index contributed by atoms with van der Waals surface area (Å²) >= 11 is 0. The minimum Gasteiger partial charge on any atom is -0.463 e. The van der Waals surface area contributed by atoms with Crippen LogP contribution in [0.15, 0.2) is 0 Å². The van der Waals surface area contributed by atoms with Crippen LogP contribution in [0.4, 0.5) is 0 Å². The maximum Gasteiger partial charge on any atom is 0.302 e. The van der Waals surface area contributed by atoms with E-state index in [1.54, 1.807) is 6.92 Å². The normalized spacial score (nSPS) is 14.9. The number of hydrogen-bond acceptors (Lipinski definition) is 5. The highest BCUT2D eigenvalue weighted by molar-refractivity contribution is 5.66. The maximum absolute atomic E-state index is 10.5. The van der Waals surface area contributed by atoms with Crippen LogP contribution in [0.5, 0.6) is 0 Å². The smallest absolute Gasteiger partial charge is 0.302 e. The first kappa shape index (κ1) is 13.4. The zero-order valence-corrected chi connectivity index (χ0v) is 8.73. The van der Waals surface area contributed by atoms with Crippen LogP contribution in [-0.4, -0.2) is 43.0 Å². The van der Waals surface area contributed by atoms with Crippen molar-refractivity contribution in [3.63, 3.8) is 0 Å². The van der Waals surface area contributed by atoms with Crippen molar-refractivity contribution < 1.29 is 19.4 Å². The van der Waals surface area contributed by atoms with E-state index in [1.807, 2.05) is 0 Å². The maximum atomic E-state index is 10.5. The molecule has 2 atom stereocenters. The lowest BCUT2D eigenvalue weighted by atomic mass is 10.3. The van der Waals surface area contributed by atoms with Gasteiger partial charge in [-0.05, 0) is 6.92 Å². The molecule has 0 aliphatic heterocycles. The number of nitrogens with two attached hydrogens (primary N) is 1. The summed E-state index contributed by atoms with van der Waals surface area (Å²) in [5.74, 6) is -0.287. The molecule has 3 N–H and O–H groups in total. The molecule has 14 heavy (non-hydrogen) atoms. The Morgan fingerprint density at radius 3 is 2.71 bits per heavy atom. The Labute approximate surface area is 84.2 Å². The fourth-order valence-corrected chi connectivity index (χ4v) is 0.879. The van der Waals surface area contributed by atoms with Crippen molar-refractivity contribution in [2.75, 3.05) is 19.8 Å². The molecule has 5 nitrogen and oxygen atoms in total. The van der Waals surface area contributed by atoms with Gasteiger partial charge in [0, 0.05) is 13.3 Å². The predicted octanol–water partition coefficient (Wildman–Crippen LogP) is -0.336. The average Bonchev–Trinajstić information content (AvgIpc) is 2.10. The third kappa shape index (κ3) is 7.97. The van der Waals surface area contributed by atoms with Gasteiger partial charge in [0.1, 0.15) is 6.10 Å². The van der Waals surface area contributed by atoms with Gasteiger partial charge in [-0.1, -0.05) is 0 Å². The number of rotatable bonds is 7. The van der Waals surface area contributed by atoms with Gasteiger partial charge in [0.05, 0.1) is 25.9 Å². The third-order valence-corrected chi connectivity index (χ3v) is 1.60. The number of hydrogen-bond donors (Lipinski definition) is 2. The molecular formula is C9H19NO4. The number of aliphatic hydroxyl groups excluding tert-OH is 1. The van der Waals surface area contributed by atoms with Gasteiger partial charge in [0.2, 0.25) is 0 Å². The summed E-state index contributed by atoms with van der Waals surface area (Å²) in [5, 5.41) is 8.59. The second-order valence-electron chi connectivity index (χ2n) is 3.23. The standard InChI is InChI=1S/C9H19NO4/c1-7(14-8(2)12)3-4-13-6-9(10)5-11/h7,9,11H,3-6,10H2,1-2H3/t7?,9-/m0/s1. The molecule has 0 radical (unpaired) electrons. The van der Waals surface area contributed by atoms with Crippen molar-refractivity contribution in [2.24, 2.45) is 5.73 Å². The molecule has 0 aromatic carbocycles. The van der Waals surface area contributed by atoms with Crippen LogP contribution >= 0.6 is 0 Å². The van der Waals surface area contributed by atoms with Gasteiger partial charge in [-0.2, -0.15) is 0 Å². The molecule has 1 unspecified atom stereocenters.